The normalized spacial score (nSPS) is 13.3. The highest BCUT2D eigenvalue weighted by atomic mass is 19.4. The Bertz CT molecular complexity index is 1640. The number of carbonyl (C=O) groups is 2. The van der Waals surface area contributed by atoms with Crippen LogP contribution in [-0.4, -0.2) is 24.9 Å². The van der Waals surface area contributed by atoms with Crippen LogP contribution in [0.4, 0.5) is 37.7 Å². The van der Waals surface area contributed by atoms with Crippen LogP contribution in [0.1, 0.15) is 48.5 Å². The van der Waals surface area contributed by atoms with Gasteiger partial charge in [-0.25, -0.2) is 0 Å². The first kappa shape index (κ1) is 30.7. The number of hydrogen-bond donors (Lipinski definition) is 2. The molecule has 4 aromatic rings. The van der Waals surface area contributed by atoms with E-state index < -0.39 is 40.9 Å². The summed E-state index contributed by atoms with van der Waals surface area (Å²) >= 11 is 0. The van der Waals surface area contributed by atoms with Gasteiger partial charge in [0.05, 0.1) is 16.7 Å². The second kappa shape index (κ2) is 12.4. The molecular formula is C33H27F6N3O2. The smallest absolute Gasteiger partial charge is 0.366 e. The molecule has 5 rings (SSSR count). The second-order valence-electron chi connectivity index (χ2n) is 10.4. The lowest BCUT2D eigenvalue weighted by molar-refractivity contribution is -0.143. The van der Waals surface area contributed by atoms with Gasteiger partial charge >= 0.3 is 12.4 Å². The monoisotopic (exact) mass is 611 g/mol. The minimum Gasteiger partial charge on any atom is -0.366 e. The Balaban J connectivity index is 1.43. The zero-order valence-corrected chi connectivity index (χ0v) is 23.2. The molecule has 228 valence electrons. The summed E-state index contributed by atoms with van der Waals surface area (Å²) < 4.78 is 80.1. The van der Waals surface area contributed by atoms with Gasteiger partial charge in [-0.2, -0.15) is 26.3 Å². The molecular weight excluding hydrogens is 584 g/mol. The number of alkyl halides is 6. The van der Waals surface area contributed by atoms with Crippen molar-refractivity contribution in [2.45, 2.75) is 31.7 Å². The van der Waals surface area contributed by atoms with Gasteiger partial charge in [0.2, 0.25) is 0 Å². The number of anilines is 2. The van der Waals surface area contributed by atoms with Gasteiger partial charge in [-0.05, 0) is 65.9 Å². The van der Waals surface area contributed by atoms with Crippen LogP contribution in [0.3, 0.4) is 0 Å². The Morgan fingerprint density at radius 3 is 2.02 bits per heavy atom. The average Bonchev–Trinajstić information content (AvgIpc) is 3.00. The van der Waals surface area contributed by atoms with Crippen molar-refractivity contribution in [2.24, 2.45) is 0 Å². The molecule has 0 spiro atoms. The summed E-state index contributed by atoms with van der Waals surface area (Å²) in [6.07, 6.45) is -8.90. The zero-order valence-electron chi connectivity index (χ0n) is 23.2. The predicted molar refractivity (Wildman–Crippen MR) is 155 cm³/mol. The Labute approximate surface area is 249 Å². The van der Waals surface area contributed by atoms with Gasteiger partial charge in [0.1, 0.15) is 0 Å². The number of rotatable bonds is 7. The Morgan fingerprint density at radius 1 is 0.727 bits per heavy atom. The maximum Gasteiger partial charge on any atom is 0.416 e. The van der Waals surface area contributed by atoms with E-state index in [0.717, 1.165) is 17.5 Å². The highest BCUT2D eigenvalue weighted by Gasteiger charge is 2.37. The Hall–Kier alpha value is -4.80. The van der Waals surface area contributed by atoms with Gasteiger partial charge in [0, 0.05) is 36.6 Å². The number of halogens is 6. The molecule has 0 saturated carbocycles. The van der Waals surface area contributed by atoms with E-state index in [0.29, 0.717) is 43.9 Å². The predicted octanol–water partition coefficient (Wildman–Crippen LogP) is 7.51. The third-order valence-corrected chi connectivity index (χ3v) is 7.36. The highest BCUT2D eigenvalue weighted by Crippen LogP contribution is 2.37. The van der Waals surface area contributed by atoms with E-state index in [9.17, 15) is 35.9 Å². The molecule has 5 nitrogen and oxygen atoms in total. The number of fused-ring (bicyclic) bond motifs is 1. The van der Waals surface area contributed by atoms with Gasteiger partial charge in [0.25, 0.3) is 11.8 Å². The lowest BCUT2D eigenvalue weighted by atomic mass is 9.98. The molecule has 0 aromatic heterocycles. The molecule has 4 aromatic carbocycles. The molecule has 0 saturated heterocycles. The van der Waals surface area contributed by atoms with Gasteiger partial charge in [-0.1, -0.05) is 54.6 Å². The summed E-state index contributed by atoms with van der Waals surface area (Å²) in [4.78, 5) is 28.4. The van der Waals surface area contributed by atoms with E-state index in [2.05, 4.69) is 10.6 Å². The first-order valence-electron chi connectivity index (χ1n) is 13.8. The van der Waals surface area contributed by atoms with E-state index >= 15 is 0 Å². The van der Waals surface area contributed by atoms with Crippen LogP contribution in [0.5, 0.6) is 0 Å². The van der Waals surface area contributed by atoms with Crippen LogP contribution in [0.25, 0.3) is 0 Å². The second-order valence-corrected chi connectivity index (χ2v) is 10.4. The maximum absolute atomic E-state index is 13.5. The number of nitrogens with zero attached hydrogens (tertiary/aromatic N) is 1. The first-order valence-corrected chi connectivity index (χ1v) is 13.8. The van der Waals surface area contributed by atoms with Crippen molar-refractivity contribution in [2.75, 3.05) is 23.3 Å². The molecule has 0 aliphatic carbocycles. The van der Waals surface area contributed by atoms with Crippen LogP contribution in [0, 0.1) is 0 Å². The largest absolute Gasteiger partial charge is 0.416 e. The Kier molecular flexibility index (Phi) is 8.66. The van der Waals surface area contributed by atoms with Crippen LogP contribution in [0.15, 0.2) is 91.0 Å². The van der Waals surface area contributed by atoms with Crippen LogP contribution >= 0.6 is 0 Å². The standard InChI is InChI=1S/C33H27F6N3O2/c34-32(35,36)25-16-24(17-26(18-25)33(37,38)39)30(43)41-27-10-11-29(42-15-13-22-8-4-5-9-23(22)20-42)28(19-27)31(44)40-14-12-21-6-2-1-3-7-21/h1-11,16-19H,12-15,20H2,(H,40,44)(H,41,43). The van der Waals surface area contributed by atoms with E-state index in [1.54, 1.807) is 6.07 Å². The molecule has 2 amide bonds. The number of carbonyl (C=O) groups excluding carboxylic acids is 2. The number of benzene rings is 4. The van der Waals surface area contributed by atoms with Crippen molar-refractivity contribution in [1.29, 1.82) is 0 Å². The van der Waals surface area contributed by atoms with E-state index in [-0.39, 0.29) is 17.3 Å². The summed E-state index contributed by atoms with van der Waals surface area (Å²) in [7, 11) is 0. The fourth-order valence-corrected chi connectivity index (χ4v) is 5.12. The van der Waals surface area contributed by atoms with Crippen LogP contribution in [-0.2, 0) is 31.7 Å². The van der Waals surface area contributed by atoms with Crippen molar-refractivity contribution >= 4 is 23.2 Å². The van der Waals surface area contributed by atoms with Crippen molar-refractivity contribution in [1.82, 2.24) is 5.32 Å². The molecule has 1 heterocycles. The number of nitrogens with one attached hydrogen (secondary N) is 2. The molecule has 0 radical (unpaired) electrons. The van der Waals surface area contributed by atoms with E-state index in [1.165, 1.54) is 17.7 Å². The summed E-state index contributed by atoms with van der Waals surface area (Å²) in [5, 5.41) is 5.24. The molecule has 0 fully saturated rings. The molecule has 2 N–H and O–H groups in total. The molecule has 44 heavy (non-hydrogen) atoms. The fraction of sp³-hybridized carbons (Fsp3) is 0.212. The van der Waals surface area contributed by atoms with Gasteiger partial charge < -0.3 is 15.5 Å². The highest BCUT2D eigenvalue weighted by molar-refractivity contribution is 6.06. The fourth-order valence-electron chi connectivity index (χ4n) is 5.12. The van der Waals surface area contributed by atoms with E-state index in [4.69, 9.17) is 0 Å². The molecule has 0 bridgehead atoms. The van der Waals surface area contributed by atoms with Crippen LogP contribution in [0.2, 0.25) is 0 Å². The molecule has 1 aliphatic heterocycles. The minimum absolute atomic E-state index is 0.0374. The summed E-state index contributed by atoms with van der Waals surface area (Å²) in [6.45, 7) is 1.44. The zero-order chi connectivity index (χ0) is 31.5. The van der Waals surface area contributed by atoms with Crippen molar-refractivity contribution in [3.05, 3.63) is 130 Å². The maximum atomic E-state index is 13.5. The average molecular weight is 612 g/mol. The van der Waals surface area contributed by atoms with Crippen molar-refractivity contribution < 1.29 is 35.9 Å². The SMILES string of the molecule is O=C(Nc1ccc(N2CCc3ccccc3C2)c(C(=O)NCCc2ccccc2)c1)c1cc(C(F)(F)F)cc(C(F)(F)F)c1. The summed E-state index contributed by atoms with van der Waals surface area (Å²) in [6, 6.07) is 22.6. The molecule has 1 aliphatic rings. The summed E-state index contributed by atoms with van der Waals surface area (Å²) in [5.74, 6) is -1.62. The lowest BCUT2D eigenvalue weighted by Gasteiger charge is -2.32. The number of amides is 2. The minimum atomic E-state index is -5.10. The Morgan fingerprint density at radius 2 is 1.36 bits per heavy atom. The van der Waals surface area contributed by atoms with Crippen molar-refractivity contribution in [3.8, 4) is 0 Å². The van der Waals surface area contributed by atoms with Crippen molar-refractivity contribution in [3.63, 3.8) is 0 Å². The van der Waals surface area contributed by atoms with E-state index in [1.807, 2.05) is 59.5 Å². The quantitative estimate of drug-likeness (QED) is 0.213. The molecule has 0 atom stereocenters. The molecule has 0 unspecified atom stereocenters. The van der Waals surface area contributed by atoms with Gasteiger partial charge in [-0.3, -0.25) is 9.59 Å². The van der Waals surface area contributed by atoms with Gasteiger partial charge in [0.15, 0.2) is 0 Å². The molecule has 11 heteroatoms. The lowest BCUT2D eigenvalue weighted by Crippen LogP contribution is -2.33. The summed E-state index contributed by atoms with van der Waals surface area (Å²) in [5.41, 5.74) is 0.100. The third kappa shape index (κ3) is 7.21. The van der Waals surface area contributed by atoms with Gasteiger partial charge in [-0.15, -0.1) is 0 Å². The third-order valence-electron chi connectivity index (χ3n) is 7.36. The van der Waals surface area contributed by atoms with Crippen LogP contribution < -0.4 is 15.5 Å². The topological polar surface area (TPSA) is 61.4 Å². The first-order chi connectivity index (χ1) is 20.9. The number of hydrogen-bond acceptors (Lipinski definition) is 3.